The minimum Gasteiger partial charge on any atom is -0.493 e. The highest BCUT2D eigenvalue weighted by Crippen LogP contribution is 2.35. The van der Waals surface area contributed by atoms with Gasteiger partial charge in [0.1, 0.15) is 9.88 Å². The molecule has 0 saturated carbocycles. The van der Waals surface area contributed by atoms with E-state index in [1.165, 1.54) is 11.3 Å². The number of ether oxygens (including phenoxy) is 2. The summed E-state index contributed by atoms with van der Waals surface area (Å²) in [6.07, 6.45) is 0. The standard InChI is InChI=1S/C22H24N2O3S/c1-13(2)16-8-6-7-9-17(16)24-21(25)20-14(3)23-22(28-20)15-10-11-18(26-4)19(12-15)27-5/h6-13H,1-5H3,(H,24,25). The topological polar surface area (TPSA) is 60.5 Å². The third kappa shape index (κ3) is 4.02. The molecule has 0 aliphatic rings. The molecule has 6 heteroatoms. The molecule has 3 aromatic rings. The maximum atomic E-state index is 12.9. The molecule has 0 radical (unpaired) electrons. The fourth-order valence-electron chi connectivity index (χ4n) is 2.99. The number of methoxy groups -OCH3 is 2. The van der Waals surface area contributed by atoms with Crippen LogP contribution in [0.1, 0.15) is 40.7 Å². The van der Waals surface area contributed by atoms with Gasteiger partial charge in [0, 0.05) is 11.3 Å². The van der Waals surface area contributed by atoms with Crippen LogP contribution < -0.4 is 14.8 Å². The van der Waals surface area contributed by atoms with E-state index in [1.807, 2.05) is 49.4 Å². The van der Waals surface area contributed by atoms with Gasteiger partial charge in [-0.1, -0.05) is 32.0 Å². The first-order chi connectivity index (χ1) is 13.4. The minimum atomic E-state index is -0.144. The van der Waals surface area contributed by atoms with Crippen molar-refractivity contribution < 1.29 is 14.3 Å². The molecule has 3 rings (SSSR count). The van der Waals surface area contributed by atoms with E-state index in [1.54, 1.807) is 14.2 Å². The van der Waals surface area contributed by atoms with E-state index in [0.717, 1.165) is 21.8 Å². The first-order valence-corrected chi connectivity index (χ1v) is 9.86. The number of hydrogen-bond donors (Lipinski definition) is 1. The van der Waals surface area contributed by atoms with E-state index in [9.17, 15) is 4.79 Å². The summed E-state index contributed by atoms with van der Waals surface area (Å²) in [4.78, 5) is 18.1. The van der Waals surface area contributed by atoms with Crippen LogP contribution in [-0.4, -0.2) is 25.1 Å². The Labute approximate surface area is 169 Å². The molecule has 1 N–H and O–H groups in total. The fraction of sp³-hybridized carbons (Fsp3) is 0.273. The number of thiazole rings is 1. The lowest BCUT2D eigenvalue weighted by Gasteiger charge is -2.13. The molecule has 2 aromatic carbocycles. The van der Waals surface area contributed by atoms with Gasteiger partial charge in [0.15, 0.2) is 11.5 Å². The molecule has 5 nitrogen and oxygen atoms in total. The van der Waals surface area contributed by atoms with Crippen LogP contribution in [0.2, 0.25) is 0 Å². The third-order valence-electron chi connectivity index (χ3n) is 4.46. The minimum absolute atomic E-state index is 0.144. The number of para-hydroxylation sites is 1. The summed E-state index contributed by atoms with van der Waals surface area (Å²) in [6, 6.07) is 13.5. The molecular weight excluding hydrogens is 372 g/mol. The van der Waals surface area contributed by atoms with Gasteiger partial charge in [-0.25, -0.2) is 4.98 Å². The number of aromatic nitrogens is 1. The van der Waals surface area contributed by atoms with Gasteiger partial charge in [-0.15, -0.1) is 11.3 Å². The van der Waals surface area contributed by atoms with Crippen molar-refractivity contribution in [1.29, 1.82) is 0 Å². The summed E-state index contributed by atoms with van der Waals surface area (Å²) in [5.74, 6) is 1.46. The molecule has 0 aliphatic carbocycles. The van der Waals surface area contributed by atoms with Crippen molar-refractivity contribution in [2.45, 2.75) is 26.7 Å². The molecule has 28 heavy (non-hydrogen) atoms. The second-order valence-corrected chi connectivity index (χ2v) is 7.70. The second-order valence-electron chi connectivity index (χ2n) is 6.70. The average molecular weight is 397 g/mol. The van der Waals surface area contributed by atoms with Gasteiger partial charge in [0.05, 0.1) is 19.9 Å². The second kappa shape index (κ2) is 8.44. The molecule has 0 atom stereocenters. The Morgan fingerprint density at radius 3 is 2.46 bits per heavy atom. The molecule has 1 aromatic heterocycles. The number of nitrogens with one attached hydrogen (secondary N) is 1. The highest BCUT2D eigenvalue weighted by molar-refractivity contribution is 7.17. The largest absolute Gasteiger partial charge is 0.493 e. The summed E-state index contributed by atoms with van der Waals surface area (Å²) in [6.45, 7) is 6.07. The van der Waals surface area contributed by atoms with E-state index >= 15 is 0 Å². The number of aryl methyl sites for hydroxylation is 1. The van der Waals surface area contributed by atoms with Crippen molar-refractivity contribution in [3.63, 3.8) is 0 Å². The van der Waals surface area contributed by atoms with Crippen molar-refractivity contribution in [2.75, 3.05) is 19.5 Å². The summed E-state index contributed by atoms with van der Waals surface area (Å²) in [5.41, 5.74) is 3.53. The highest BCUT2D eigenvalue weighted by Gasteiger charge is 2.19. The number of rotatable bonds is 6. The zero-order chi connectivity index (χ0) is 20.3. The molecule has 0 bridgehead atoms. The van der Waals surface area contributed by atoms with Crippen molar-refractivity contribution in [2.24, 2.45) is 0 Å². The smallest absolute Gasteiger partial charge is 0.267 e. The van der Waals surface area contributed by atoms with Crippen LogP contribution in [0.25, 0.3) is 10.6 Å². The molecule has 146 valence electrons. The van der Waals surface area contributed by atoms with Crippen molar-refractivity contribution in [3.05, 3.63) is 58.6 Å². The molecule has 0 saturated heterocycles. The van der Waals surface area contributed by atoms with Crippen LogP contribution in [0.5, 0.6) is 11.5 Å². The van der Waals surface area contributed by atoms with Crippen LogP contribution in [0.4, 0.5) is 5.69 Å². The monoisotopic (exact) mass is 396 g/mol. The molecule has 0 unspecified atom stereocenters. The van der Waals surface area contributed by atoms with Gasteiger partial charge in [0.25, 0.3) is 5.91 Å². The molecule has 0 fully saturated rings. The normalized spacial score (nSPS) is 10.8. The summed E-state index contributed by atoms with van der Waals surface area (Å²) in [5, 5.41) is 3.81. The Hall–Kier alpha value is -2.86. The van der Waals surface area contributed by atoms with Gasteiger partial charge < -0.3 is 14.8 Å². The van der Waals surface area contributed by atoms with Crippen molar-refractivity contribution in [1.82, 2.24) is 4.98 Å². The maximum Gasteiger partial charge on any atom is 0.267 e. The summed E-state index contributed by atoms with van der Waals surface area (Å²) < 4.78 is 10.7. The number of benzene rings is 2. The van der Waals surface area contributed by atoms with Crippen LogP contribution in [0.3, 0.4) is 0 Å². The average Bonchev–Trinajstić information content (AvgIpc) is 3.09. The highest BCUT2D eigenvalue weighted by atomic mass is 32.1. The van der Waals surface area contributed by atoms with Gasteiger partial charge in [0.2, 0.25) is 0 Å². The fourth-order valence-corrected chi connectivity index (χ4v) is 3.95. The van der Waals surface area contributed by atoms with Crippen LogP contribution in [-0.2, 0) is 0 Å². The number of carbonyl (C=O) groups is 1. The SMILES string of the molecule is COc1ccc(-c2nc(C)c(C(=O)Nc3ccccc3C(C)C)s2)cc1OC. The van der Waals surface area contributed by atoms with E-state index in [0.29, 0.717) is 28.0 Å². The zero-order valence-corrected chi connectivity index (χ0v) is 17.5. The van der Waals surface area contributed by atoms with Gasteiger partial charge >= 0.3 is 0 Å². The Bertz CT molecular complexity index is 995. The molecule has 1 amide bonds. The van der Waals surface area contributed by atoms with Gasteiger partial charge in [-0.05, 0) is 42.7 Å². The lowest BCUT2D eigenvalue weighted by molar-refractivity contribution is 0.102. The number of amides is 1. The molecular formula is C22H24N2O3S. The molecule has 0 aliphatic heterocycles. The zero-order valence-electron chi connectivity index (χ0n) is 16.7. The van der Waals surface area contributed by atoms with E-state index < -0.39 is 0 Å². The number of carbonyl (C=O) groups excluding carboxylic acids is 1. The lowest BCUT2D eigenvalue weighted by atomic mass is 10.0. The predicted octanol–water partition coefficient (Wildman–Crippen LogP) is 5.51. The van der Waals surface area contributed by atoms with Gasteiger partial charge in [-0.2, -0.15) is 0 Å². The van der Waals surface area contributed by atoms with Crippen LogP contribution >= 0.6 is 11.3 Å². The van der Waals surface area contributed by atoms with E-state index in [2.05, 4.69) is 24.1 Å². The maximum absolute atomic E-state index is 12.9. The Morgan fingerprint density at radius 2 is 1.79 bits per heavy atom. The Kier molecular flexibility index (Phi) is 5.99. The number of anilines is 1. The van der Waals surface area contributed by atoms with Gasteiger partial charge in [-0.3, -0.25) is 4.79 Å². The van der Waals surface area contributed by atoms with Crippen LogP contribution in [0, 0.1) is 6.92 Å². The quantitative estimate of drug-likeness (QED) is 0.597. The summed E-state index contributed by atoms with van der Waals surface area (Å²) in [7, 11) is 3.20. The third-order valence-corrected chi connectivity index (χ3v) is 5.67. The lowest BCUT2D eigenvalue weighted by Crippen LogP contribution is -2.13. The molecule has 1 heterocycles. The Balaban J connectivity index is 1.90. The Morgan fingerprint density at radius 1 is 1.07 bits per heavy atom. The summed E-state index contributed by atoms with van der Waals surface area (Å²) >= 11 is 1.37. The first-order valence-electron chi connectivity index (χ1n) is 9.04. The van der Waals surface area contributed by atoms with Crippen molar-refractivity contribution >= 4 is 22.9 Å². The predicted molar refractivity (Wildman–Crippen MR) is 114 cm³/mol. The van der Waals surface area contributed by atoms with Crippen molar-refractivity contribution in [3.8, 4) is 22.1 Å². The first kappa shape index (κ1) is 19.9. The van der Waals surface area contributed by atoms with E-state index in [-0.39, 0.29) is 5.91 Å². The number of nitrogens with zero attached hydrogens (tertiary/aromatic N) is 1. The van der Waals surface area contributed by atoms with E-state index in [4.69, 9.17) is 9.47 Å². The van der Waals surface area contributed by atoms with Crippen LogP contribution in [0.15, 0.2) is 42.5 Å². The molecule has 0 spiro atoms. The number of hydrogen-bond acceptors (Lipinski definition) is 5.